The van der Waals surface area contributed by atoms with Crippen LogP contribution in [0.5, 0.6) is 5.75 Å². The molecule has 2 nitrogen and oxygen atoms in total. The minimum absolute atomic E-state index is 0.358. The Bertz CT molecular complexity index is 591. The first-order valence-electron chi connectivity index (χ1n) is 5.55. The van der Waals surface area contributed by atoms with Gasteiger partial charge in [-0.1, -0.05) is 17.7 Å². The van der Waals surface area contributed by atoms with Crippen LogP contribution in [0.1, 0.15) is 15.9 Å². The molecule has 0 aliphatic rings. The fourth-order valence-corrected chi connectivity index (χ4v) is 1.92. The summed E-state index contributed by atoms with van der Waals surface area (Å²) < 4.78 is 18.5. The molecular formula is C15H13FO2. The second-order valence-electron chi connectivity index (χ2n) is 4.05. The van der Waals surface area contributed by atoms with E-state index in [1.54, 1.807) is 18.2 Å². The number of aryl methyl sites for hydroxylation is 1. The number of halogens is 1. The maximum atomic E-state index is 13.3. The van der Waals surface area contributed by atoms with Gasteiger partial charge in [-0.05, 0) is 36.8 Å². The average molecular weight is 244 g/mol. The Morgan fingerprint density at radius 2 is 1.89 bits per heavy atom. The van der Waals surface area contributed by atoms with Crippen molar-refractivity contribution in [2.75, 3.05) is 7.11 Å². The number of hydrogen-bond acceptors (Lipinski definition) is 2. The molecule has 0 spiro atoms. The van der Waals surface area contributed by atoms with Crippen LogP contribution in [0.15, 0.2) is 36.4 Å². The van der Waals surface area contributed by atoms with Gasteiger partial charge in [0.05, 0.1) is 7.11 Å². The largest absolute Gasteiger partial charge is 0.496 e. The first-order valence-corrected chi connectivity index (χ1v) is 5.55. The minimum atomic E-state index is -0.358. The molecule has 0 fully saturated rings. The number of ether oxygens (including phenoxy) is 1. The molecule has 0 N–H and O–H groups in total. The van der Waals surface area contributed by atoms with Gasteiger partial charge in [0.25, 0.3) is 0 Å². The molecule has 0 unspecified atom stereocenters. The molecule has 0 aliphatic carbocycles. The summed E-state index contributed by atoms with van der Waals surface area (Å²) in [5.41, 5.74) is 2.77. The molecule has 92 valence electrons. The van der Waals surface area contributed by atoms with Crippen molar-refractivity contribution in [3.05, 3.63) is 53.3 Å². The molecule has 0 amide bonds. The maximum Gasteiger partial charge on any atom is 0.150 e. The monoisotopic (exact) mass is 244 g/mol. The summed E-state index contributed by atoms with van der Waals surface area (Å²) in [6.07, 6.45) is 0.771. The topological polar surface area (TPSA) is 26.3 Å². The van der Waals surface area contributed by atoms with Crippen LogP contribution in [0.4, 0.5) is 4.39 Å². The molecule has 0 aromatic heterocycles. The van der Waals surface area contributed by atoms with Crippen LogP contribution in [0, 0.1) is 12.7 Å². The van der Waals surface area contributed by atoms with Crippen molar-refractivity contribution in [3.63, 3.8) is 0 Å². The van der Waals surface area contributed by atoms with Crippen molar-refractivity contribution in [2.45, 2.75) is 6.92 Å². The lowest BCUT2D eigenvalue weighted by Gasteiger charge is -2.11. The van der Waals surface area contributed by atoms with Gasteiger partial charge in [-0.2, -0.15) is 0 Å². The highest BCUT2D eigenvalue weighted by Gasteiger charge is 2.11. The predicted molar refractivity (Wildman–Crippen MR) is 68.5 cm³/mol. The third-order valence-corrected chi connectivity index (χ3v) is 2.79. The summed E-state index contributed by atoms with van der Waals surface area (Å²) in [5, 5.41) is 0. The molecule has 2 aromatic rings. The van der Waals surface area contributed by atoms with Crippen LogP contribution in [0.25, 0.3) is 11.1 Å². The predicted octanol–water partition coefficient (Wildman–Crippen LogP) is 3.62. The molecule has 0 saturated carbocycles. The highest BCUT2D eigenvalue weighted by atomic mass is 19.1. The molecule has 0 saturated heterocycles. The maximum absolute atomic E-state index is 13.3. The van der Waals surface area contributed by atoms with E-state index >= 15 is 0 Å². The fourth-order valence-electron chi connectivity index (χ4n) is 1.92. The minimum Gasteiger partial charge on any atom is -0.496 e. The summed E-state index contributed by atoms with van der Waals surface area (Å²) in [4.78, 5) is 11.1. The summed E-state index contributed by atoms with van der Waals surface area (Å²) in [5.74, 6) is 0.187. The zero-order valence-electron chi connectivity index (χ0n) is 10.2. The van der Waals surface area contributed by atoms with Crippen molar-refractivity contribution in [2.24, 2.45) is 0 Å². The van der Waals surface area contributed by atoms with Gasteiger partial charge in [0.1, 0.15) is 11.6 Å². The number of hydrogen-bond donors (Lipinski definition) is 0. The standard InChI is InChI=1S/C15H13FO2/c1-10-3-5-13(11(7-10)9-17)14-8-12(16)4-6-15(14)18-2/h3-9H,1-2H3. The number of benzene rings is 2. The van der Waals surface area contributed by atoms with Crippen LogP contribution >= 0.6 is 0 Å². The molecular weight excluding hydrogens is 231 g/mol. The second kappa shape index (κ2) is 5.00. The number of aldehydes is 1. The Morgan fingerprint density at radius 1 is 1.11 bits per heavy atom. The molecule has 18 heavy (non-hydrogen) atoms. The van der Waals surface area contributed by atoms with E-state index in [1.165, 1.54) is 19.2 Å². The number of methoxy groups -OCH3 is 1. The van der Waals surface area contributed by atoms with Crippen molar-refractivity contribution in [1.29, 1.82) is 0 Å². The third-order valence-electron chi connectivity index (χ3n) is 2.79. The zero-order valence-corrected chi connectivity index (χ0v) is 10.2. The lowest BCUT2D eigenvalue weighted by atomic mass is 9.97. The molecule has 0 atom stereocenters. The van der Waals surface area contributed by atoms with E-state index in [-0.39, 0.29) is 5.82 Å². The van der Waals surface area contributed by atoms with Gasteiger partial charge in [-0.3, -0.25) is 4.79 Å². The molecule has 0 heterocycles. The Balaban J connectivity index is 2.67. The normalized spacial score (nSPS) is 10.2. The lowest BCUT2D eigenvalue weighted by Crippen LogP contribution is -1.93. The van der Waals surface area contributed by atoms with E-state index in [4.69, 9.17) is 4.74 Å². The van der Waals surface area contributed by atoms with E-state index in [1.807, 2.05) is 13.0 Å². The summed E-state index contributed by atoms with van der Waals surface area (Å²) in [7, 11) is 1.52. The van der Waals surface area contributed by atoms with Crippen LogP contribution in [0.3, 0.4) is 0 Å². The van der Waals surface area contributed by atoms with E-state index in [0.29, 0.717) is 22.4 Å². The highest BCUT2D eigenvalue weighted by Crippen LogP contribution is 2.32. The van der Waals surface area contributed by atoms with Crippen molar-refractivity contribution in [1.82, 2.24) is 0 Å². The van der Waals surface area contributed by atoms with Crippen molar-refractivity contribution >= 4 is 6.29 Å². The molecule has 3 heteroatoms. The average Bonchev–Trinajstić information content (AvgIpc) is 2.38. The Morgan fingerprint density at radius 3 is 2.56 bits per heavy atom. The Hall–Kier alpha value is -2.16. The van der Waals surface area contributed by atoms with Crippen LogP contribution in [-0.4, -0.2) is 13.4 Å². The molecule has 0 bridgehead atoms. The van der Waals surface area contributed by atoms with E-state index in [0.717, 1.165) is 11.8 Å². The smallest absolute Gasteiger partial charge is 0.150 e. The van der Waals surface area contributed by atoms with Crippen molar-refractivity contribution in [3.8, 4) is 16.9 Å². The first-order chi connectivity index (χ1) is 8.65. The van der Waals surface area contributed by atoms with E-state index in [9.17, 15) is 9.18 Å². The summed E-state index contributed by atoms with van der Waals surface area (Å²) in [6.45, 7) is 1.90. The van der Waals surface area contributed by atoms with Gasteiger partial charge in [-0.15, -0.1) is 0 Å². The Labute approximate surface area is 105 Å². The highest BCUT2D eigenvalue weighted by molar-refractivity contribution is 5.89. The quantitative estimate of drug-likeness (QED) is 0.771. The third kappa shape index (κ3) is 2.25. The number of carbonyl (C=O) groups is 1. The Kier molecular flexibility index (Phi) is 3.42. The summed E-state index contributed by atoms with van der Waals surface area (Å²) in [6, 6.07) is 9.71. The first kappa shape index (κ1) is 12.3. The van der Waals surface area contributed by atoms with Crippen LogP contribution < -0.4 is 4.74 Å². The van der Waals surface area contributed by atoms with Crippen molar-refractivity contribution < 1.29 is 13.9 Å². The summed E-state index contributed by atoms with van der Waals surface area (Å²) >= 11 is 0. The SMILES string of the molecule is COc1ccc(F)cc1-c1ccc(C)cc1C=O. The molecule has 2 rings (SSSR count). The fraction of sp³-hybridized carbons (Fsp3) is 0.133. The van der Waals surface area contributed by atoms with Gasteiger partial charge in [0.2, 0.25) is 0 Å². The van der Waals surface area contributed by atoms with Gasteiger partial charge in [-0.25, -0.2) is 4.39 Å². The molecule has 0 aliphatic heterocycles. The number of rotatable bonds is 3. The lowest BCUT2D eigenvalue weighted by molar-refractivity contribution is 0.112. The zero-order chi connectivity index (χ0) is 13.1. The van der Waals surface area contributed by atoms with Gasteiger partial charge in [0.15, 0.2) is 6.29 Å². The number of carbonyl (C=O) groups excluding carboxylic acids is 1. The molecule has 2 aromatic carbocycles. The van der Waals surface area contributed by atoms with Gasteiger partial charge >= 0.3 is 0 Å². The molecule has 0 radical (unpaired) electrons. The second-order valence-corrected chi connectivity index (χ2v) is 4.05. The van der Waals surface area contributed by atoms with E-state index < -0.39 is 0 Å². The van der Waals surface area contributed by atoms with Gasteiger partial charge < -0.3 is 4.74 Å². The van der Waals surface area contributed by atoms with Crippen LogP contribution in [-0.2, 0) is 0 Å². The van der Waals surface area contributed by atoms with E-state index in [2.05, 4.69) is 0 Å². The van der Waals surface area contributed by atoms with Gasteiger partial charge in [0, 0.05) is 11.1 Å². The van der Waals surface area contributed by atoms with Crippen LogP contribution in [0.2, 0.25) is 0 Å².